The van der Waals surface area contributed by atoms with Crippen LogP contribution < -0.4 is 0 Å². The third-order valence-corrected chi connectivity index (χ3v) is 3.00. The molecule has 0 saturated carbocycles. The molecule has 0 atom stereocenters. The highest BCUT2D eigenvalue weighted by atomic mass is 16.7. The Morgan fingerprint density at radius 1 is 1.16 bits per heavy atom. The molecule has 1 aromatic rings. The molecular weight excluding hydrogens is 330 g/mol. The average Bonchev–Trinajstić information content (AvgIpc) is 2.59. The van der Waals surface area contributed by atoms with Gasteiger partial charge in [-0.05, 0) is 32.4 Å². The van der Waals surface area contributed by atoms with E-state index in [0.717, 1.165) is 0 Å². The fourth-order valence-corrected chi connectivity index (χ4v) is 1.96. The van der Waals surface area contributed by atoms with E-state index >= 15 is 0 Å². The van der Waals surface area contributed by atoms with E-state index in [2.05, 4.69) is 0 Å². The highest BCUT2D eigenvalue weighted by molar-refractivity contribution is 6.21. The molecule has 25 heavy (non-hydrogen) atoms. The number of carbonyl (C=O) groups excluding carboxylic acids is 2. The molecule has 8 heteroatoms. The first kappa shape index (κ1) is 20.5. The van der Waals surface area contributed by atoms with Crippen LogP contribution in [0, 0.1) is 10.1 Å². The van der Waals surface area contributed by atoms with Gasteiger partial charge in [0.1, 0.15) is 5.57 Å². The molecule has 0 fully saturated rings. The van der Waals surface area contributed by atoms with Crippen LogP contribution in [0.5, 0.6) is 0 Å². The number of nitro groups is 1. The van der Waals surface area contributed by atoms with Crippen LogP contribution in [0.1, 0.15) is 26.3 Å². The summed E-state index contributed by atoms with van der Waals surface area (Å²) >= 11 is 0. The van der Waals surface area contributed by atoms with Gasteiger partial charge in [0, 0.05) is 25.3 Å². The molecule has 1 aromatic carbocycles. The first-order valence-electron chi connectivity index (χ1n) is 7.85. The third-order valence-electron chi connectivity index (χ3n) is 3.00. The molecule has 0 spiro atoms. The summed E-state index contributed by atoms with van der Waals surface area (Å²) in [6.07, 6.45) is -0.0115. The van der Waals surface area contributed by atoms with Gasteiger partial charge in [-0.3, -0.25) is 14.9 Å². The number of rotatable bonds is 10. The summed E-state index contributed by atoms with van der Waals surface area (Å²) in [5, 5.41) is 10.9. The van der Waals surface area contributed by atoms with Crippen molar-refractivity contribution in [3.63, 3.8) is 0 Å². The number of hydrogen-bond acceptors (Lipinski definition) is 7. The van der Waals surface area contributed by atoms with Gasteiger partial charge < -0.3 is 14.2 Å². The minimum absolute atomic E-state index is 0.0757. The van der Waals surface area contributed by atoms with Gasteiger partial charge in [0.15, 0.2) is 0 Å². The maximum Gasteiger partial charge on any atom is 0.341 e. The quantitative estimate of drug-likeness (QED) is 0.121. The van der Waals surface area contributed by atoms with Crippen molar-refractivity contribution in [1.29, 1.82) is 0 Å². The molecule has 0 amide bonds. The van der Waals surface area contributed by atoms with Crippen LogP contribution in [0.4, 0.5) is 5.69 Å². The van der Waals surface area contributed by atoms with Gasteiger partial charge in [-0.15, -0.1) is 0 Å². The number of hydrogen-bond donors (Lipinski definition) is 0. The minimum atomic E-state index is -1.25. The van der Waals surface area contributed by atoms with Crippen LogP contribution in [0.25, 0.3) is 6.08 Å². The molecule has 0 aliphatic heterocycles. The van der Waals surface area contributed by atoms with E-state index in [1.54, 1.807) is 20.8 Å². The number of non-ortho nitro benzene ring substituents is 1. The van der Waals surface area contributed by atoms with Crippen molar-refractivity contribution in [1.82, 2.24) is 0 Å². The van der Waals surface area contributed by atoms with Crippen LogP contribution in [-0.4, -0.2) is 42.8 Å². The molecule has 0 aromatic heterocycles. The Balaban J connectivity index is 3.27. The zero-order chi connectivity index (χ0) is 18.8. The van der Waals surface area contributed by atoms with E-state index < -0.39 is 23.0 Å². The largest absolute Gasteiger partial charge is 0.462 e. The third kappa shape index (κ3) is 6.09. The Hall–Kier alpha value is -2.58. The fourth-order valence-electron chi connectivity index (χ4n) is 1.96. The van der Waals surface area contributed by atoms with Crippen LogP contribution in [-0.2, 0) is 23.8 Å². The molecule has 0 saturated heterocycles. The van der Waals surface area contributed by atoms with Crippen molar-refractivity contribution in [3.05, 3.63) is 45.5 Å². The van der Waals surface area contributed by atoms with Gasteiger partial charge >= 0.3 is 5.97 Å². The molecule has 0 aliphatic carbocycles. The van der Waals surface area contributed by atoms with E-state index in [4.69, 9.17) is 14.2 Å². The monoisotopic (exact) mass is 351 g/mol. The van der Waals surface area contributed by atoms with E-state index in [9.17, 15) is 19.7 Å². The number of ether oxygens (including phenoxy) is 3. The predicted octanol–water partition coefficient (Wildman–Crippen LogP) is 2.51. The van der Waals surface area contributed by atoms with Crippen LogP contribution in [0.2, 0.25) is 0 Å². The van der Waals surface area contributed by atoms with Gasteiger partial charge in [-0.1, -0.05) is 12.1 Å². The van der Waals surface area contributed by atoms with Gasteiger partial charge in [-0.2, -0.15) is 0 Å². The molecule has 136 valence electrons. The van der Waals surface area contributed by atoms with Crippen molar-refractivity contribution in [2.24, 2.45) is 0 Å². The minimum Gasteiger partial charge on any atom is -0.462 e. The molecule has 0 bridgehead atoms. The maximum absolute atomic E-state index is 12.6. The number of benzene rings is 1. The number of Topliss-reactive ketones (excluding diaryl/α,β-unsaturated/α-hetero) is 1. The summed E-state index contributed by atoms with van der Waals surface area (Å²) in [7, 11) is 0. The Morgan fingerprint density at radius 3 is 2.32 bits per heavy atom. The van der Waals surface area contributed by atoms with E-state index in [-0.39, 0.29) is 31.1 Å². The number of ketones is 1. The number of nitrogens with zero attached hydrogens (tertiary/aromatic N) is 1. The molecular formula is C17H21NO7. The summed E-state index contributed by atoms with van der Waals surface area (Å²) in [6.45, 7) is 5.48. The first-order valence-corrected chi connectivity index (χ1v) is 7.85. The van der Waals surface area contributed by atoms with E-state index in [0.29, 0.717) is 5.56 Å². The molecule has 8 nitrogen and oxygen atoms in total. The van der Waals surface area contributed by atoms with Crippen LogP contribution in [0.3, 0.4) is 0 Å². The number of nitro benzene ring substituents is 1. The van der Waals surface area contributed by atoms with Crippen LogP contribution >= 0.6 is 0 Å². The van der Waals surface area contributed by atoms with Gasteiger partial charge in [0.05, 0.1) is 11.5 Å². The molecule has 0 aliphatic rings. The lowest BCUT2D eigenvalue weighted by atomic mass is 10.1. The lowest BCUT2D eigenvalue weighted by Crippen LogP contribution is -2.32. The van der Waals surface area contributed by atoms with Crippen molar-refractivity contribution in [2.75, 3.05) is 19.8 Å². The second-order valence-electron chi connectivity index (χ2n) is 4.74. The predicted molar refractivity (Wildman–Crippen MR) is 89.8 cm³/mol. The van der Waals surface area contributed by atoms with Crippen molar-refractivity contribution >= 4 is 23.5 Å². The lowest BCUT2D eigenvalue weighted by Gasteiger charge is -2.16. The Bertz CT molecular complexity index is 648. The highest BCUT2D eigenvalue weighted by Crippen LogP contribution is 2.18. The van der Waals surface area contributed by atoms with E-state index in [1.165, 1.54) is 30.3 Å². The Morgan fingerprint density at radius 2 is 1.80 bits per heavy atom. The zero-order valence-corrected chi connectivity index (χ0v) is 14.4. The van der Waals surface area contributed by atoms with Gasteiger partial charge in [0.2, 0.25) is 12.1 Å². The van der Waals surface area contributed by atoms with Crippen LogP contribution in [0.15, 0.2) is 29.8 Å². The second kappa shape index (κ2) is 10.3. The van der Waals surface area contributed by atoms with Gasteiger partial charge in [0.25, 0.3) is 5.69 Å². The molecule has 0 N–H and O–H groups in total. The molecule has 0 radical (unpaired) electrons. The normalized spacial score (nSPS) is 11.4. The number of carbonyl (C=O) groups is 2. The second-order valence-corrected chi connectivity index (χ2v) is 4.74. The first-order chi connectivity index (χ1) is 11.9. The summed E-state index contributed by atoms with van der Waals surface area (Å²) in [5.74, 6) is -1.54. The average molecular weight is 351 g/mol. The van der Waals surface area contributed by atoms with E-state index in [1.807, 2.05) is 0 Å². The topological polar surface area (TPSA) is 105 Å². The van der Waals surface area contributed by atoms with Crippen molar-refractivity contribution in [3.8, 4) is 0 Å². The standard InChI is InChI=1S/C17H21NO7/c1-4-23-16(20)14(15(19)17(24-5-2)25-6-3)11-12-8-7-9-13(10-12)18(21)22/h7-11,17H,4-6H2,1-3H3/b14-11+. The molecule has 0 heterocycles. The zero-order valence-electron chi connectivity index (χ0n) is 14.4. The summed E-state index contributed by atoms with van der Waals surface area (Å²) < 4.78 is 15.4. The van der Waals surface area contributed by atoms with Gasteiger partial charge in [-0.25, -0.2) is 4.79 Å². The van der Waals surface area contributed by atoms with Crippen molar-refractivity contribution < 1.29 is 28.7 Å². The molecule has 0 unspecified atom stereocenters. The SMILES string of the molecule is CCOC(=O)/C(=C/c1cccc([N+](=O)[O-])c1)C(=O)C(OCC)OCC. The summed E-state index contributed by atoms with van der Waals surface area (Å²) in [5.41, 5.74) is -0.137. The number of esters is 1. The summed E-state index contributed by atoms with van der Waals surface area (Å²) in [6, 6.07) is 5.56. The fraction of sp³-hybridized carbons (Fsp3) is 0.412. The Kier molecular flexibility index (Phi) is 8.45. The lowest BCUT2D eigenvalue weighted by molar-refractivity contribution is -0.384. The van der Waals surface area contributed by atoms with Crippen molar-refractivity contribution in [2.45, 2.75) is 27.1 Å². The summed E-state index contributed by atoms with van der Waals surface area (Å²) in [4.78, 5) is 35.1. The Labute approximate surface area is 145 Å². The smallest absolute Gasteiger partial charge is 0.341 e. The maximum atomic E-state index is 12.6. The highest BCUT2D eigenvalue weighted by Gasteiger charge is 2.28. The molecule has 1 rings (SSSR count).